The number of rotatable bonds is 18. The number of hydrogen-bond donors (Lipinski definition) is 4. The van der Waals surface area contributed by atoms with Crippen molar-refractivity contribution >= 4 is 57.2 Å². The summed E-state index contributed by atoms with van der Waals surface area (Å²) in [6.07, 6.45) is 11.0. The summed E-state index contributed by atoms with van der Waals surface area (Å²) in [5.74, 6) is 0.582. The van der Waals surface area contributed by atoms with Crippen molar-refractivity contribution in [2.45, 2.75) is 231 Å². The zero-order valence-corrected chi connectivity index (χ0v) is 61.1. The van der Waals surface area contributed by atoms with Gasteiger partial charge in [-0.15, -0.1) is 0 Å². The average molecular weight is 1350 g/mol. The number of nitrogens with zero attached hydrogens (tertiary/aromatic N) is 14. The Kier molecular flexibility index (Phi) is 21.6. The van der Waals surface area contributed by atoms with Crippen LogP contribution in [0.1, 0.15) is 148 Å². The van der Waals surface area contributed by atoms with Crippen LogP contribution in [-0.4, -0.2) is 159 Å². The van der Waals surface area contributed by atoms with Gasteiger partial charge in [0.2, 0.25) is 11.2 Å². The lowest BCUT2D eigenvalue weighted by Gasteiger charge is -2.47. The van der Waals surface area contributed by atoms with Gasteiger partial charge in [0.1, 0.15) is 34.1 Å². The zero-order valence-electron chi connectivity index (χ0n) is 58.3. The van der Waals surface area contributed by atoms with Gasteiger partial charge in [-0.2, -0.15) is 28.7 Å². The summed E-state index contributed by atoms with van der Waals surface area (Å²) in [7, 11) is -0.858. The standard InChI is InChI=1S/C32H50FN9O3Si.C18H31N5O3Si.C14H20ClFN4/c1-30(2,3)46(9,10)44-20-32(6,7)45-26-14-13-21(17-25(26)42-29(43)40(8)38-39-42)36-28-34-19-24(33)27(37-28)35-22-16-23-12-11-15-41(23)31(4,5)18-22;1-17(2,3)27(7,8)25-12-18(4,5)26-15-10-9-13(19)11-14(15)23-16(24)22(6)20-21-23;1-14(2)7-9(6-10-4-3-5-20(10)14)18-12-11(16)8-17-13(15)19-12/h13-14,17,19,22-23H,11-12,15-16,18,20H2,1-10H3,(H2,34,35,36,37);9-11H,12,19H2,1-8H3;8-10H,3-7H2,1-2H3,(H,17,18,19)/t22-,23+;;9-,10+/m1.1/s1. The molecule has 4 aromatic heterocycles. The summed E-state index contributed by atoms with van der Waals surface area (Å²) in [5, 5.41) is 25.6. The Balaban J connectivity index is 0.000000199. The van der Waals surface area contributed by atoms with Crippen LogP contribution in [0, 0.1) is 11.6 Å². The van der Waals surface area contributed by atoms with E-state index < -0.39 is 45.2 Å². The number of nitrogens with two attached hydrogens (primary N) is 1. The molecule has 512 valence electrons. The lowest BCUT2D eigenvalue weighted by atomic mass is 9.84. The third-order valence-electron chi connectivity index (χ3n) is 19.1. The van der Waals surface area contributed by atoms with Gasteiger partial charge in [0.25, 0.3) is 0 Å². The van der Waals surface area contributed by atoms with Crippen LogP contribution in [0.4, 0.5) is 37.7 Å². The first-order chi connectivity index (χ1) is 43.0. The molecule has 0 saturated carbocycles. The van der Waals surface area contributed by atoms with E-state index in [-0.39, 0.29) is 61.8 Å². The summed E-state index contributed by atoms with van der Waals surface area (Å²) in [4.78, 5) is 46.7. The van der Waals surface area contributed by atoms with Crippen LogP contribution in [0.2, 0.25) is 41.5 Å². The van der Waals surface area contributed by atoms with Crippen molar-refractivity contribution in [2.24, 2.45) is 14.1 Å². The Morgan fingerprint density at radius 3 is 1.51 bits per heavy atom. The number of tetrazole rings is 2. The van der Waals surface area contributed by atoms with E-state index in [1.165, 1.54) is 61.9 Å². The topological polar surface area (TPSA) is 262 Å². The molecule has 4 fully saturated rings. The molecule has 4 atom stereocenters. The molecule has 10 rings (SSSR count). The number of hydrogen-bond acceptors (Lipinski definition) is 20. The van der Waals surface area contributed by atoms with Crippen LogP contribution in [0.5, 0.6) is 11.5 Å². The Hall–Kier alpha value is -6.44. The van der Waals surface area contributed by atoms with Crippen LogP contribution >= 0.6 is 11.6 Å². The maximum atomic E-state index is 15.0. The molecule has 4 aliphatic heterocycles. The lowest BCUT2D eigenvalue weighted by molar-refractivity contribution is 0.0459. The van der Waals surface area contributed by atoms with Gasteiger partial charge in [-0.1, -0.05) is 41.5 Å². The summed E-state index contributed by atoms with van der Waals surface area (Å²) < 4.78 is 58.8. The maximum Gasteiger partial charge on any atom is 0.368 e. The van der Waals surface area contributed by atoms with Crippen molar-refractivity contribution in [1.29, 1.82) is 0 Å². The van der Waals surface area contributed by atoms with Crippen molar-refractivity contribution in [3.63, 3.8) is 0 Å². The van der Waals surface area contributed by atoms with Crippen LogP contribution in [0.3, 0.4) is 0 Å². The molecule has 4 aliphatic rings. The van der Waals surface area contributed by atoms with Gasteiger partial charge in [0.15, 0.2) is 39.9 Å². The normalized spacial score (nSPS) is 20.2. The van der Waals surface area contributed by atoms with Gasteiger partial charge in [-0.25, -0.2) is 28.3 Å². The van der Waals surface area contributed by atoms with Crippen molar-refractivity contribution < 1.29 is 27.1 Å². The fraction of sp³-hybridized carbons (Fsp3) is 0.656. The Bertz CT molecular complexity index is 3690. The SMILES string of the molecule is CC1(C)C[C@H](Nc2nc(Cl)ncc2F)C[C@@H]2CCCN21.Cn1nnn(-c2cc(N)ccc2OC(C)(C)CO[Si](C)(C)C(C)(C)C)c1=O.Cn1nnn(-c2cc(Nc3ncc(F)c(N[C@@H]4C[C@@H]5CCCN5C(C)(C)C4)n3)ccc2OC(C)(C)CO[Si](C)(C)C(C)(C)C)c1=O. The summed E-state index contributed by atoms with van der Waals surface area (Å²) >= 11 is 5.74. The Morgan fingerprint density at radius 2 is 1.06 bits per heavy atom. The van der Waals surface area contributed by atoms with Crippen molar-refractivity contribution in [1.82, 2.24) is 69.3 Å². The van der Waals surface area contributed by atoms with Crippen LogP contribution in [-0.2, 0) is 22.9 Å². The van der Waals surface area contributed by atoms with E-state index in [0.717, 1.165) is 47.8 Å². The second-order valence-corrected chi connectivity index (χ2v) is 40.8. The van der Waals surface area contributed by atoms with E-state index in [2.05, 4.69) is 162 Å². The van der Waals surface area contributed by atoms with Gasteiger partial charge in [-0.3, -0.25) is 9.80 Å². The third kappa shape index (κ3) is 17.7. The molecule has 29 heteroatoms. The molecular weight excluding hydrogens is 1250 g/mol. The van der Waals surface area contributed by atoms with Crippen molar-refractivity contribution in [3.05, 3.63) is 86.7 Å². The molecule has 0 amide bonds. The molecule has 0 aliphatic carbocycles. The molecule has 5 N–H and O–H groups in total. The van der Waals surface area contributed by atoms with Gasteiger partial charge < -0.3 is 40.0 Å². The maximum absolute atomic E-state index is 15.0. The highest BCUT2D eigenvalue weighted by Crippen LogP contribution is 2.42. The number of piperidine rings is 2. The van der Waals surface area contributed by atoms with Crippen LogP contribution < -0.4 is 42.5 Å². The highest BCUT2D eigenvalue weighted by molar-refractivity contribution is 6.74. The van der Waals surface area contributed by atoms with E-state index in [4.69, 9.17) is 35.7 Å². The highest BCUT2D eigenvalue weighted by atomic mass is 35.5. The number of anilines is 5. The van der Waals surface area contributed by atoms with Crippen LogP contribution in [0.25, 0.3) is 11.4 Å². The van der Waals surface area contributed by atoms with E-state index in [1.807, 2.05) is 27.7 Å². The molecule has 0 unspecified atom stereocenters. The van der Waals surface area contributed by atoms with Gasteiger partial charge in [0, 0.05) is 60.7 Å². The molecule has 8 heterocycles. The molecule has 4 saturated heterocycles. The second-order valence-electron chi connectivity index (χ2n) is 30.8. The third-order valence-corrected chi connectivity index (χ3v) is 28.2. The minimum absolute atomic E-state index is 0.0335. The lowest BCUT2D eigenvalue weighted by Crippen LogP contribution is -2.55. The first-order valence-electron chi connectivity index (χ1n) is 32.3. The largest absolute Gasteiger partial charge is 0.483 e. The predicted molar refractivity (Wildman–Crippen MR) is 367 cm³/mol. The molecular formula is C64H101ClF2N18O6Si2. The van der Waals surface area contributed by atoms with Crippen molar-refractivity contribution in [3.8, 4) is 22.9 Å². The number of halogens is 3. The average Bonchev–Trinajstić information content (AvgIpc) is 1.75. The number of benzene rings is 2. The molecule has 24 nitrogen and oxygen atoms in total. The fourth-order valence-electron chi connectivity index (χ4n) is 12.1. The minimum atomic E-state index is -2.02. The van der Waals surface area contributed by atoms with Gasteiger partial charge in [-0.05, 0) is 225 Å². The number of nitrogens with one attached hydrogen (secondary N) is 3. The number of nitrogen functional groups attached to an aromatic ring is 1. The Labute approximate surface area is 553 Å². The summed E-state index contributed by atoms with van der Waals surface area (Å²) in [6, 6.07) is 11.8. The second kappa shape index (κ2) is 27.7. The molecule has 0 radical (unpaired) electrons. The molecule has 0 spiro atoms. The zero-order chi connectivity index (χ0) is 68.6. The van der Waals surface area contributed by atoms with E-state index >= 15 is 0 Å². The summed E-state index contributed by atoms with van der Waals surface area (Å²) in [6.45, 7) is 42.0. The van der Waals surface area contributed by atoms with E-state index in [0.29, 0.717) is 59.5 Å². The quantitative estimate of drug-likeness (QED) is 0.0354. The smallest absolute Gasteiger partial charge is 0.368 e. The molecule has 6 aromatic rings. The van der Waals surface area contributed by atoms with Crippen LogP contribution in [0.15, 0.2) is 58.4 Å². The van der Waals surface area contributed by atoms with E-state index in [1.54, 1.807) is 36.4 Å². The summed E-state index contributed by atoms with van der Waals surface area (Å²) in [5.41, 5.74) is 5.86. The fourth-order valence-corrected chi connectivity index (χ4v) is 14.5. The van der Waals surface area contributed by atoms with Gasteiger partial charge in [0.05, 0.1) is 25.6 Å². The highest BCUT2D eigenvalue weighted by Gasteiger charge is 2.45. The van der Waals surface area contributed by atoms with Crippen molar-refractivity contribution in [2.75, 3.05) is 48.0 Å². The first kappa shape index (κ1) is 72.4. The monoisotopic (exact) mass is 1350 g/mol. The number of aromatic nitrogens is 12. The molecule has 2 aromatic carbocycles. The van der Waals surface area contributed by atoms with E-state index in [9.17, 15) is 18.4 Å². The minimum Gasteiger partial charge on any atom is -0.483 e. The first-order valence-corrected chi connectivity index (χ1v) is 38.5. The number of fused-ring (bicyclic) bond motifs is 2. The number of aryl methyl sites for hydroxylation is 2. The number of ether oxygens (including phenoxy) is 2. The molecule has 0 bridgehead atoms. The molecule has 93 heavy (non-hydrogen) atoms. The van der Waals surface area contributed by atoms with Gasteiger partial charge >= 0.3 is 11.4 Å². The Morgan fingerprint density at radius 1 is 0.634 bits per heavy atom. The predicted octanol–water partition coefficient (Wildman–Crippen LogP) is 11.4.